The Hall–Kier alpha value is -2.65. The van der Waals surface area contributed by atoms with Gasteiger partial charge in [0.15, 0.2) is 0 Å². The summed E-state index contributed by atoms with van der Waals surface area (Å²) in [6, 6.07) is 14.6. The van der Waals surface area contributed by atoms with Crippen molar-refractivity contribution in [1.29, 1.82) is 0 Å². The third kappa shape index (κ3) is 11.5. The molecule has 304 valence electrons. The number of hydrogen-bond acceptors (Lipinski definition) is 19. The van der Waals surface area contributed by atoms with Crippen LogP contribution in [0, 0.1) is 0 Å². The first-order valence-corrected chi connectivity index (χ1v) is 21.5. The molecule has 0 spiro atoms. The van der Waals surface area contributed by atoms with Crippen molar-refractivity contribution in [2.75, 3.05) is 11.5 Å². The molecule has 63 heavy (non-hydrogen) atoms. The van der Waals surface area contributed by atoms with E-state index in [1.165, 1.54) is 42.5 Å². The number of nitrogen functional groups attached to an aromatic ring is 2. The average Bonchev–Trinajstić information content (AvgIpc) is 3.55. The van der Waals surface area contributed by atoms with Gasteiger partial charge in [-0.3, -0.25) is 9.11 Å². The van der Waals surface area contributed by atoms with Gasteiger partial charge in [-0.05, 0) is 100 Å². The molecule has 0 aliphatic heterocycles. The Bertz CT molecular complexity index is 3510. The number of hydrogen-bond donors (Lipinski definition) is 5. The minimum atomic E-state index is -5.15. The van der Waals surface area contributed by atoms with Gasteiger partial charge in [-0.25, -0.2) is 21.8 Å². The van der Waals surface area contributed by atoms with E-state index in [-0.39, 0.29) is 151 Å². The first-order chi connectivity index (χ1) is 27.4. The Kier molecular flexibility index (Phi) is 17.4. The fraction of sp³-hybridized carbons (Fsp3) is 0. The molecular weight excluding hydrogens is 953 g/mol. The van der Waals surface area contributed by atoms with E-state index in [9.17, 15) is 62.1 Å². The second-order valence-corrected chi connectivity index (χ2v) is 18.0. The molecule has 0 atom stereocenters. The van der Waals surface area contributed by atoms with Gasteiger partial charge < -0.3 is 35.8 Å². The zero-order valence-electron chi connectivity index (χ0n) is 32.8. The van der Waals surface area contributed by atoms with Crippen molar-refractivity contribution in [2.24, 2.45) is 20.5 Å². The van der Waals surface area contributed by atoms with E-state index >= 15 is 0 Å². The van der Waals surface area contributed by atoms with Crippen LogP contribution in [0.4, 0.5) is 34.1 Å². The number of aromatic nitrogens is 2. The summed E-state index contributed by atoms with van der Waals surface area (Å²) < 4.78 is 138. The number of H-pyrrole nitrogens is 1. The molecule has 30 heteroatoms. The van der Waals surface area contributed by atoms with E-state index in [1.807, 2.05) is 0 Å². The first-order valence-electron chi connectivity index (χ1n) is 15.8. The molecule has 22 nitrogen and oxygen atoms in total. The SMILES string of the molecule is Nc1cc(S(=O)(=O)[O-])cc2cc(S(=O)(=O)O)c(N=Nc3ccc(-c4nc5cc(N=Nc6c(S(=O)(=O)O)cc7cc(S(=O)(=O)[O-])cc(N)c7c6[O-])ccc5[nH]4)cc3)c([O-])c12.[Na+].[Na+].[Na+].[Na+]. The Morgan fingerprint density at radius 3 is 1.38 bits per heavy atom. The molecule has 0 radical (unpaired) electrons. The molecule has 0 saturated carbocycles. The van der Waals surface area contributed by atoms with Gasteiger partial charge in [-0.1, -0.05) is 11.5 Å². The van der Waals surface area contributed by atoms with Gasteiger partial charge in [0.2, 0.25) is 0 Å². The third-order valence-electron chi connectivity index (χ3n) is 8.54. The molecule has 0 unspecified atom stereocenters. The van der Waals surface area contributed by atoms with Crippen molar-refractivity contribution in [3.63, 3.8) is 0 Å². The largest absolute Gasteiger partial charge is 1.00 e. The van der Waals surface area contributed by atoms with E-state index in [0.717, 1.165) is 36.4 Å². The van der Waals surface area contributed by atoms with Gasteiger partial charge in [0.25, 0.3) is 20.2 Å². The topological polar surface area (TPSA) is 399 Å². The number of azo groups is 2. The molecular formula is C33H20N8Na4O14S4. The monoisotopic (exact) mass is 972 g/mol. The van der Waals surface area contributed by atoms with Crippen LogP contribution in [0.1, 0.15) is 0 Å². The number of imidazole rings is 1. The van der Waals surface area contributed by atoms with Crippen LogP contribution in [0.2, 0.25) is 0 Å². The Balaban J connectivity index is 0.00000264. The molecule has 0 bridgehead atoms. The van der Waals surface area contributed by atoms with Crippen molar-refractivity contribution >= 4 is 107 Å². The molecule has 1 heterocycles. The van der Waals surface area contributed by atoms with Gasteiger partial charge in [0.05, 0.1) is 43.6 Å². The maximum absolute atomic E-state index is 13.3. The number of benzene rings is 6. The predicted octanol–water partition coefficient (Wildman–Crippen LogP) is -8.00. The van der Waals surface area contributed by atoms with Crippen LogP contribution in [-0.4, -0.2) is 61.9 Å². The van der Waals surface area contributed by atoms with Crippen molar-refractivity contribution < 1.29 is 180 Å². The fourth-order valence-corrected chi connectivity index (χ4v) is 8.31. The maximum Gasteiger partial charge on any atom is 1.00 e. The summed E-state index contributed by atoms with van der Waals surface area (Å²) in [6.07, 6.45) is 0. The molecule has 6 aromatic carbocycles. The molecule has 7 rings (SSSR count). The minimum absolute atomic E-state index is 0. The van der Waals surface area contributed by atoms with Gasteiger partial charge in [0, 0.05) is 16.9 Å². The van der Waals surface area contributed by atoms with E-state index in [1.54, 1.807) is 0 Å². The predicted molar refractivity (Wildman–Crippen MR) is 201 cm³/mol. The summed E-state index contributed by atoms with van der Waals surface area (Å²) in [5, 5.41) is 40.4. The van der Waals surface area contributed by atoms with Crippen molar-refractivity contribution in [1.82, 2.24) is 9.97 Å². The molecule has 0 fully saturated rings. The molecule has 0 saturated heterocycles. The Morgan fingerprint density at radius 2 is 0.968 bits per heavy atom. The average molecular weight is 973 g/mol. The molecule has 7 N–H and O–H groups in total. The van der Waals surface area contributed by atoms with Crippen LogP contribution in [0.3, 0.4) is 0 Å². The zero-order valence-corrected chi connectivity index (χ0v) is 44.1. The zero-order chi connectivity index (χ0) is 43.0. The van der Waals surface area contributed by atoms with Crippen molar-refractivity contribution in [2.45, 2.75) is 19.6 Å². The van der Waals surface area contributed by atoms with Crippen LogP contribution in [0.5, 0.6) is 11.5 Å². The van der Waals surface area contributed by atoms with Crippen LogP contribution in [0.25, 0.3) is 44.0 Å². The number of nitrogens with one attached hydrogen (secondary N) is 1. The van der Waals surface area contributed by atoms with Gasteiger partial charge in [-0.2, -0.15) is 27.1 Å². The Labute approximate surface area is 444 Å². The number of nitrogens with two attached hydrogens (primary N) is 2. The molecule has 1 aromatic heterocycles. The van der Waals surface area contributed by atoms with Crippen molar-refractivity contribution in [3.8, 4) is 22.9 Å². The fourth-order valence-electron chi connectivity index (χ4n) is 5.92. The van der Waals surface area contributed by atoms with E-state index < -0.39 is 94.3 Å². The summed E-state index contributed by atoms with van der Waals surface area (Å²) in [5.74, 6) is -1.97. The smallest absolute Gasteiger partial charge is 0.870 e. The second kappa shape index (κ2) is 20.1. The number of nitrogens with zero attached hydrogens (tertiary/aromatic N) is 5. The number of rotatable bonds is 9. The van der Waals surface area contributed by atoms with Gasteiger partial charge in [0.1, 0.15) is 35.9 Å². The third-order valence-corrected chi connectivity index (χ3v) is 11.9. The minimum Gasteiger partial charge on any atom is -0.870 e. The van der Waals surface area contributed by atoms with E-state index in [2.05, 4.69) is 30.4 Å². The van der Waals surface area contributed by atoms with Gasteiger partial charge in [-0.15, -0.1) is 10.2 Å². The summed E-state index contributed by atoms with van der Waals surface area (Å²) in [6.45, 7) is 0. The normalized spacial score (nSPS) is 12.3. The van der Waals surface area contributed by atoms with Crippen LogP contribution in [0.15, 0.2) is 119 Å². The van der Waals surface area contributed by atoms with Crippen LogP contribution in [-0.2, 0) is 40.5 Å². The maximum atomic E-state index is 13.3. The molecule has 0 aliphatic carbocycles. The van der Waals surface area contributed by atoms with Crippen LogP contribution < -0.4 is 140 Å². The second-order valence-electron chi connectivity index (χ2n) is 12.4. The summed E-state index contributed by atoms with van der Waals surface area (Å²) in [4.78, 5) is 3.80. The quantitative estimate of drug-likeness (QED) is 0.0388. The molecule has 7 aromatic rings. The van der Waals surface area contributed by atoms with E-state index in [0.29, 0.717) is 22.4 Å². The number of anilines is 2. The summed E-state index contributed by atoms with van der Waals surface area (Å²) >= 11 is 0. The summed E-state index contributed by atoms with van der Waals surface area (Å²) in [5.41, 5.74) is 10.4. The van der Waals surface area contributed by atoms with Gasteiger partial charge >= 0.3 is 118 Å². The Morgan fingerprint density at radius 1 is 0.556 bits per heavy atom. The number of fused-ring (bicyclic) bond motifs is 3. The number of aromatic amines is 1. The first kappa shape index (κ1) is 54.7. The molecule has 0 amide bonds. The van der Waals surface area contributed by atoms with Crippen molar-refractivity contribution in [3.05, 3.63) is 78.9 Å². The van der Waals surface area contributed by atoms with E-state index in [4.69, 9.17) is 11.5 Å². The summed E-state index contributed by atoms with van der Waals surface area (Å²) in [7, 11) is -20.4. The molecule has 0 aliphatic rings. The standard InChI is InChI=1S/C33H24N8O14S4.4Na/c34-21-12-19(56(44,45)46)7-15-9-25(58(50,51)52)29(31(42)27(15)21)40-38-17-3-1-14(2-4-17)33-36-23-6-5-18(11-24(23)37-33)39-41-30-26(59(53,54)55)10-16-8-20(57(47,48)49)13-22(35)28(16)32(30)43;;;;/h1-13,42-43H,34-35H2,(H,36,37)(H,44,45,46)(H,47,48,49)(H,50,51,52)(H,53,54,55);;;;/q;4*+1/p-4. The van der Waals surface area contributed by atoms with Crippen LogP contribution >= 0.6 is 0 Å².